The quantitative estimate of drug-likeness (QED) is 0.678. The number of likely N-dealkylation sites (N-methyl/N-ethyl adjacent to an activating group) is 1. The molecule has 0 bridgehead atoms. The van der Waals surface area contributed by atoms with Gasteiger partial charge in [-0.25, -0.2) is 9.59 Å². The number of carbonyl (C=O) groups is 2. The van der Waals surface area contributed by atoms with Gasteiger partial charge in [0.1, 0.15) is 23.9 Å². The molecular formula is C17H27NO8. The maximum atomic E-state index is 12.7. The van der Waals surface area contributed by atoms with Gasteiger partial charge in [-0.2, -0.15) is 0 Å². The summed E-state index contributed by atoms with van der Waals surface area (Å²) in [6, 6.07) is -0.949. The molecule has 3 fully saturated rings. The van der Waals surface area contributed by atoms with E-state index in [9.17, 15) is 9.59 Å². The van der Waals surface area contributed by atoms with Gasteiger partial charge in [0.05, 0.1) is 0 Å². The molecule has 0 aromatic carbocycles. The maximum absolute atomic E-state index is 12.7. The molecule has 3 heterocycles. The van der Waals surface area contributed by atoms with Crippen LogP contribution in [0.2, 0.25) is 0 Å². The Kier molecular flexibility index (Phi) is 4.71. The SMILES string of the molecule is CO[C@@H]1O[C@H]([C@H]2OC(=O)N(C)[C@H]2C(=O)OC(C)(C)C)[C@H]2OC(C)(C)O[C@@H]12. The van der Waals surface area contributed by atoms with Crippen molar-refractivity contribution in [2.75, 3.05) is 14.2 Å². The smallest absolute Gasteiger partial charge is 0.410 e. The van der Waals surface area contributed by atoms with Gasteiger partial charge in [-0.15, -0.1) is 0 Å². The molecule has 0 unspecified atom stereocenters. The first-order valence-corrected chi connectivity index (χ1v) is 8.64. The fraction of sp³-hybridized carbons (Fsp3) is 0.882. The van der Waals surface area contributed by atoms with Gasteiger partial charge in [0.15, 0.2) is 24.2 Å². The van der Waals surface area contributed by atoms with Gasteiger partial charge in [0.25, 0.3) is 0 Å². The third-order valence-corrected chi connectivity index (χ3v) is 4.50. The Bertz CT molecular complexity index is 586. The van der Waals surface area contributed by atoms with Crippen LogP contribution in [0.5, 0.6) is 0 Å². The highest BCUT2D eigenvalue weighted by molar-refractivity contribution is 5.85. The van der Waals surface area contributed by atoms with Crippen molar-refractivity contribution in [2.24, 2.45) is 0 Å². The number of carbonyl (C=O) groups excluding carboxylic acids is 2. The van der Waals surface area contributed by atoms with Crippen molar-refractivity contribution < 1.29 is 38.0 Å². The van der Waals surface area contributed by atoms with Gasteiger partial charge in [0.2, 0.25) is 0 Å². The van der Waals surface area contributed by atoms with Crippen molar-refractivity contribution in [3.8, 4) is 0 Å². The minimum atomic E-state index is -0.949. The van der Waals surface area contributed by atoms with Crippen LogP contribution < -0.4 is 0 Å². The average Bonchev–Trinajstić information content (AvgIpc) is 3.06. The van der Waals surface area contributed by atoms with Crippen molar-refractivity contribution in [2.45, 2.75) is 82.8 Å². The van der Waals surface area contributed by atoms with Crippen molar-refractivity contribution >= 4 is 12.1 Å². The summed E-state index contributed by atoms with van der Waals surface area (Å²) in [6.07, 6.45) is -3.94. The van der Waals surface area contributed by atoms with Crippen molar-refractivity contribution in [3.63, 3.8) is 0 Å². The largest absolute Gasteiger partial charge is 0.458 e. The van der Waals surface area contributed by atoms with Gasteiger partial charge >= 0.3 is 12.1 Å². The van der Waals surface area contributed by atoms with Crippen molar-refractivity contribution in [1.29, 1.82) is 0 Å². The number of rotatable bonds is 3. The van der Waals surface area contributed by atoms with Gasteiger partial charge < -0.3 is 28.4 Å². The molecule has 0 radical (unpaired) electrons. The minimum absolute atomic E-state index is 0.483. The zero-order valence-electron chi connectivity index (χ0n) is 16.2. The van der Waals surface area contributed by atoms with Crippen LogP contribution in [0.15, 0.2) is 0 Å². The summed E-state index contributed by atoms with van der Waals surface area (Å²) >= 11 is 0. The zero-order valence-corrected chi connectivity index (χ0v) is 16.2. The van der Waals surface area contributed by atoms with Crippen LogP contribution in [-0.2, 0) is 33.2 Å². The van der Waals surface area contributed by atoms with Crippen LogP contribution in [0.4, 0.5) is 4.79 Å². The van der Waals surface area contributed by atoms with Crippen LogP contribution >= 0.6 is 0 Å². The summed E-state index contributed by atoms with van der Waals surface area (Å²) < 4.78 is 33.9. The molecule has 0 aromatic rings. The Morgan fingerprint density at radius 1 is 1.12 bits per heavy atom. The molecule has 3 aliphatic rings. The first-order chi connectivity index (χ1) is 11.9. The van der Waals surface area contributed by atoms with E-state index in [1.54, 1.807) is 34.6 Å². The molecule has 148 valence electrons. The third kappa shape index (κ3) is 3.40. The van der Waals surface area contributed by atoms with Crippen molar-refractivity contribution in [3.05, 3.63) is 0 Å². The summed E-state index contributed by atoms with van der Waals surface area (Å²) in [5, 5.41) is 0. The molecule has 26 heavy (non-hydrogen) atoms. The van der Waals surface area contributed by atoms with E-state index in [0.717, 1.165) is 0 Å². The second-order valence-corrected chi connectivity index (χ2v) is 8.21. The number of esters is 1. The summed E-state index contributed by atoms with van der Waals surface area (Å²) in [6.45, 7) is 8.85. The lowest BCUT2D eigenvalue weighted by atomic mass is 9.99. The number of amides is 1. The molecule has 0 aromatic heterocycles. The minimum Gasteiger partial charge on any atom is -0.458 e. The standard InChI is InChI=1S/C17H27NO8/c1-16(2,3)26-13(19)8-9(23-15(20)18(8)6)10-11-12(14(21-7)22-10)25-17(4,5)24-11/h8-12,14H,1-7H3/t8-,9+,10-,11-,12-,14-/m1/s1. The summed E-state index contributed by atoms with van der Waals surface area (Å²) in [5.74, 6) is -1.39. The maximum Gasteiger partial charge on any atom is 0.410 e. The number of cyclic esters (lactones) is 1. The van der Waals surface area contributed by atoms with E-state index in [1.807, 2.05) is 0 Å². The predicted octanol–water partition coefficient (Wildman–Crippen LogP) is 1.04. The molecule has 6 atom stereocenters. The third-order valence-electron chi connectivity index (χ3n) is 4.50. The monoisotopic (exact) mass is 373 g/mol. The van der Waals surface area contributed by atoms with Crippen LogP contribution in [0.25, 0.3) is 0 Å². The van der Waals surface area contributed by atoms with E-state index in [1.165, 1.54) is 19.1 Å². The molecule has 0 N–H and O–H groups in total. The molecule has 9 nitrogen and oxygen atoms in total. The van der Waals surface area contributed by atoms with Crippen LogP contribution in [-0.4, -0.2) is 79.3 Å². The Morgan fingerprint density at radius 2 is 1.73 bits per heavy atom. The highest BCUT2D eigenvalue weighted by Gasteiger charge is 2.62. The van der Waals surface area contributed by atoms with Crippen LogP contribution in [0.1, 0.15) is 34.6 Å². The molecule has 0 saturated carbocycles. The van der Waals surface area contributed by atoms with Gasteiger partial charge in [-0.05, 0) is 34.6 Å². The van der Waals surface area contributed by atoms with Crippen LogP contribution in [0.3, 0.4) is 0 Å². The van der Waals surface area contributed by atoms with Crippen LogP contribution in [0, 0.1) is 0 Å². The lowest BCUT2D eigenvalue weighted by molar-refractivity contribution is -0.236. The highest BCUT2D eigenvalue weighted by atomic mass is 16.8. The lowest BCUT2D eigenvalue weighted by Crippen LogP contribution is -2.51. The topological polar surface area (TPSA) is 92.8 Å². The molecule has 9 heteroatoms. The number of methoxy groups -OCH3 is 1. The summed E-state index contributed by atoms with van der Waals surface area (Å²) in [7, 11) is 2.99. The second kappa shape index (κ2) is 6.33. The average molecular weight is 373 g/mol. The highest BCUT2D eigenvalue weighted by Crippen LogP contribution is 2.42. The number of fused-ring (bicyclic) bond motifs is 1. The molecule has 3 rings (SSSR count). The number of ether oxygens (including phenoxy) is 6. The fourth-order valence-corrected chi connectivity index (χ4v) is 3.54. The van der Waals surface area contributed by atoms with Crippen molar-refractivity contribution in [1.82, 2.24) is 4.90 Å². The van der Waals surface area contributed by atoms with Gasteiger partial charge in [-0.1, -0.05) is 0 Å². The van der Waals surface area contributed by atoms with Gasteiger partial charge in [0, 0.05) is 14.2 Å². The van der Waals surface area contributed by atoms with E-state index < -0.39 is 60.2 Å². The molecule has 1 amide bonds. The number of hydrogen-bond acceptors (Lipinski definition) is 8. The number of hydrogen-bond donors (Lipinski definition) is 0. The Balaban J connectivity index is 1.86. The molecule has 3 aliphatic heterocycles. The second-order valence-electron chi connectivity index (χ2n) is 8.21. The Labute approximate surface area is 152 Å². The summed E-state index contributed by atoms with van der Waals surface area (Å²) in [4.78, 5) is 26.0. The molecule has 0 aliphatic carbocycles. The van der Waals surface area contributed by atoms with E-state index in [0.29, 0.717) is 0 Å². The van der Waals surface area contributed by atoms with E-state index >= 15 is 0 Å². The molecule has 0 spiro atoms. The number of nitrogens with zero attached hydrogens (tertiary/aromatic N) is 1. The lowest BCUT2D eigenvalue weighted by Gasteiger charge is -2.30. The van der Waals surface area contributed by atoms with E-state index in [4.69, 9.17) is 28.4 Å². The summed E-state index contributed by atoms with van der Waals surface area (Å²) in [5.41, 5.74) is -0.697. The Hall–Kier alpha value is -1.42. The first-order valence-electron chi connectivity index (χ1n) is 8.64. The predicted molar refractivity (Wildman–Crippen MR) is 87.2 cm³/mol. The van der Waals surface area contributed by atoms with Gasteiger partial charge in [-0.3, -0.25) is 4.90 Å². The normalized spacial score (nSPS) is 39.0. The van der Waals surface area contributed by atoms with E-state index in [2.05, 4.69) is 0 Å². The van der Waals surface area contributed by atoms with E-state index in [-0.39, 0.29) is 0 Å². The Morgan fingerprint density at radius 3 is 2.31 bits per heavy atom. The molecule has 3 saturated heterocycles. The zero-order chi connectivity index (χ0) is 19.4. The molecular weight excluding hydrogens is 346 g/mol. The first kappa shape index (κ1) is 19.3. The fourth-order valence-electron chi connectivity index (χ4n) is 3.54.